The van der Waals surface area contributed by atoms with Gasteiger partial charge in [0.2, 0.25) is 0 Å². The van der Waals surface area contributed by atoms with Crippen molar-refractivity contribution < 1.29 is 5.11 Å². The Morgan fingerprint density at radius 3 is 2.70 bits per heavy atom. The summed E-state index contributed by atoms with van der Waals surface area (Å²) in [6, 6.07) is 7.93. The van der Waals surface area contributed by atoms with Gasteiger partial charge in [0.25, 0.3) is 0 Å². The first-order valence-corrected chi connectivity index (χ1v) is 7.23. The van der Waals surface area contributed by atoms with E-state index in [1.807, 2.05) is 49.9 Å². The fraction of sp³-hybridized carbons (Fsp3) is 0.429. The summed E-state index contributed by atoms with van der Waals surface area (Å²) in [6.45, 7) is 2.62. The van der Waals surface area contributed by atoms with Crippen LogP contribution in [0.15, 0.2) is 28.7 Å². The minimum atomic E-state index is -0.0653. The summed E-state index contributed by atoms with van der Waals surface area (Å²) in [7, 11) is 3.93. The number of halogens is 1. The van der Waals surface area contributed by atoms with Crippen molar-refractivity contribution in [3.8, 4) is 0 Å². The van der Waals surface area contributed by atoms with Crippen LogP contribution in [0.2, 0.25) is 0 Å². The first-order chi connectivity index (χ1) is 9.52. The second-order valence-electron chi connectivity index (χ2n) is 4.89. The molecule has 5 nitrogen and oxygen atoms in total. The monoisotopic (exact) mass is 338 g/mol. The molecule has 0 aliphatic carbocycles. The number of aryl methyl sites for hydroxylation is 1. The zero-order valence-electron chi connectivity index (χ0n) is 11.9. The first-order valence-electron chi connectivity index (χ1n) is 6.44. The maximum absolute atomic E-state index is 9.69. The number of aromatic nitrogens is 3. The quantitative estimate of drug-likeness (QED) is 0.906. The highest BCUT2D eigenvalue weighted by Gasteiger charge is 2.18. The molecule has 0 spiro atoms. The summed E-state index contributed by atoms with van der Waals surface area (Å²) >= 11 is 3.46. The van der Waals surface area contributed by atoms with Crippen molar-refractivity contribution in [2.24, 2.45) is 7.05 Å². The molecule has 6 heteroatoms. The Bertz CT molecular complexity index is 584. The molecule has 0 fully saturated rings. The van der Waals surface area contributed by atoms with Crippen LogP contribution in [0, 0.1) is 6.92 Å². The standard InChI is InChI=1S/C14H19BrN4O/c1-10-16-17-14(19(10)3)8-18(2)13(9-20)11-5-4-6-12(15)7-11/h4-7,13,20H,8-9H2,1-3H3. The molecule has 1 atom stereocenters. The zero-order chi connectivity index (χ0) is 14.7. The Labute approximate surface area is 127 Å². The van der Waals surface area contributed by atoms with Crippen molar-refractivity contribution in [1.29, 1.82) is 0 Å². The van der Waals surface area contributed by atoms with Crippen molar-refractivity contribution in [2.75, 3.05) is 13.7 Å². The number of benzene rings is 1. The maximum Gasteiger partial charge on any atom is 0.146 e. The van der Waals surface area contributed by atoms with Crippen molar-refractivity contribution in [1.82, 2.24) is 19.7 Å². The van der Waals surface area contributed by atoms with E-state index in [1.54, 1.807) is 0 Å². The lowest BCUT2D eigenvalue weighted by atomic mass is 10.1. The smallest absolute Gasteiger partial charge is 0.146 e. The van der Waals surface area contributed by atoms with E-state index in [1.165, 1.54) is 0 Å². The third-order valence-electron chi connectivity index (χ3n) is 3.51. The van der Waals surface area contributed by atoms with Gasteiger partial charge in [-0.05, 0) is 31.7 Å². The van der Waals surface area contributed by atoms with E-state index >= 15 is 0 Å². The molecular weight excluding hydrogens is 320 g/mol. The highest BCUT2D eigenvalue weighted by Crippen LogP contribution is 2.23. The van der Waals surface area contributed by atoms with E-state index in [4.69, 9.17) is 0 Å². The average molecular weight is 339 g/mol. The molecule has 108 valence electrons. The second kappa shape index (κ2) is 6.47. The van der Waals surface area contributed by atoms with Gasteiger partial charge in [0.05, 0.1) is 19.2 Å². The van der Waals surface area contributed by atoms with Crippen LogP contribution in [0.5, 0.6) is 0 Å². The zero-order valence-corrected chi connectivity index (χ0v) is 13.5. The average Bonchev–Trinajstić information content (AvgIpc) is 2.72. The number of nitrogens with zero attached hydrogens (tertiary/aromatic N) is 4. The Balaban J connectivity index is 2.17. The van der Waals surface area contributed by atoms with Crippen molar-refractivity contribution in [3.05, 3.63) is 46.0 Å². The molecule has 0 aliphatic heterocycles. The lowest BCUT2D eigenvalue weighted by molar-refractivity contribution is 0.139. The Hall–Kier alpha value is -1.24. The summed E-state index contributed by atoms with van der Waals surface area (Å²) in [5.41, 5.74) is 1.07. The Kier molecular flexibility index (Phi) is 4.91. The van der Waals surface area contributed by atoms with E-state index in [9.17, 15) is 5.11 Å². The van der Waals surface area contributed by atoms with Crippen LogP contribution in [0.3, 0.4) is 0 Å². The van der Waals surface area contributed by atoms with Gasteiger partial charge in [0, 0.05) is 11.5 Å². The molecule has 20 heavy (non-hydrogen) atoms. The minimum absolute atomic E-state index is 0.0593. The third kappa shape index (κ3) is 3.26. The molecule has 0 saturated heterocycles. The molecule has 1 unspecified atom stereocenters. The van der Waals surface area contributed by atoms with Crippen LogP contribution in [-0.4, -0.2) is 38.4 Å². The van der Waals surface area contributed by atoms with Crippen LogP contribution in [-0.2, 0) is 13.6 Å². The number of hydrogen-bond donors (Lipinski definition) is 1. The van der Waals surface area contributed by atoms with Crippen LogP contribution >= 0.6 is 15.9 Å². The number of aliphatic hydroxyl groups is 1. The van der Waals surface area contributed by atoms with Gasteiger partial charge >= 0.3 is 0 Å². The van der Waals surface area contributed by atoms with E-state index < -0.39 is 0 Å². The minimum Gasteiger partial charge on any atom is -0.394 e. The molecule has 0 radical (unpaired) electrons. The van der Waals surface area contributed by atoms with Gasteiger partial charge in [-0.1, -0.05) is 28.1 Å². The summed E-state index contributed by atoms with van der Waals surface area (Å²) in [4.78, 5) is 2.07. The maximum atomic E-state index is 9.69. The summed E-state index contributed by atoms with van der Waals surface area (Å²) in [5.74, 6) is 1.77. The molecule has 0 amide bonds. The van der Waals surface area contributed by atoms with Crippen molar-refractivity contribution in [2.45, 2.75) is 19.5 Å². The SMILES string of the molecule is Cc1nnc(CN(C)C(CO)c2cccc(Br)c2)n1C. The molecule has 1 aromatic carbocycles. The summed E-state index contributed by atoms with van der Waals surface area (Å²) in [6.07, 6.45) is 0. The highest BCUT2D eigenvalue weighted by atomic mass is 79.9. The molecule has 1 heterocycles. The molecule has 1 N–H and O–H groups in total. The third-order valence-corrected chi connectivity index (χ3v) is 4.01. The van der Waals surface area contributed by atoms with E-state index in [0.717, 1.165) is 21.7 Å². The highest BCUT2D eigenvalue weighted by molar-refractivity contribution is 9.10. The summed E-state index contributed by atoms with van der Waals surface area (Å²) in [5, 5.41) is 17.9. The predicted octanol–water partition coefficient (Wildman–Crippen LogP) is 2.05. The number of rotatable bonds is 5. The van der Waals surface area contributed by atoms with E-state index in [2.05, 4.69) is 31.0 Å². The van der Waals surface area contributed by atoms with Crippen molar-refractivity contribution >= 4 is 15.9 Å². The van der Waals surface area contributed by atoms with Crippen LogP contribution in [0.25, 0.3) is 0 Å². The van der Waals surface area contributed by atoms with E-state index in [0.29, 0.717) is 6.54 Å². The van der Waals surface area contributed by atoms with Gasteiger partial charge in [-0.25, -0.2) is 0 Å². The molecule has 1 aromatic heterocycles. The van der Waals surface area contributed by atoms with Crippen LogP contribution in [0.4, 0.5) is 0 Å². The largest absolute Gasteiger partial charge is 0.394 e. The van der Waals surface area contributed by atoms with Crippen LogP contribution in [0.1, 0.15) is 23.3 Å². The van der Waals surface area contributed by atoms with Gasteiger partial charge in [-0.15, -0.1) is 10.2 Å². The molecule has 0 saturated carbocycles. The van der Waals surface area contributed by atoms with E-state index in [-0.39, 0.29) is 12.6 Å². The van der Waals surface area contributed by atoms with Crippen molar-refractivity contribution in [3.63, 3.8) is 0 Å². The number of hydrogen-bond acceptors (Lipinski definition) is 4. The molecule has 0 aliphatic rings. The van der Waals surface area contributed by atoms with Crippen LogP contribution < -0.4 is 0 Å². The van der Waals surface area contributed by atoms with Gasteiger partial charge in [-0.2, -0.15) is 0 Å². The fourth-order valence-electron chi connectivity index (χ4n) is 2.14. The molecular formula is C14H19BrN4O. The predicted molar refractivity (Wildman–Crippen MR) is 81.2 cm³/mol. The van der Waals surface area contributed by atoms with Gasteiger partial charge in [0.1, 0.15) is 11.6 Å². The van der Waals surface area contributed by atoms with Gasteiger partial charge < -0.3 is 9.67 Å². The number of likely N-dealkylation sites (N-methyl/N-ethyl adjacent to an activating group) is 1. The second-order valence-corrected chi connectivity index (χ2v) is 5.81. The molecule has 0 bridgehead atoms. The fourth-order valence-corrected chi connectivity index (χ4v) is 2.55. The van der Waals surface area contributed by atoms with Gasteiger partial charge in [-0.3, -0.25) is 4.90 Å². The normalized spacial score (nSPS) is 12.9. The Morgan fingerprint density at radius 2 is 2.15 bits per heavy atom. The topological polar surface area (TPSA) is 54.2 Å². The van der Waals surface area contributed by atoms with Gasteiger partial charge in [0.15, 0.2) is 0 Å². The lowest BCUT2D eigenvalue weighted by Gasteiger charge is -2.26. The first kappa shape index (κ1) is 15.2. The Morgan fingerprint density at radius 1 is 1.40 bits per heavy atom. The molecule has 2 rings (SSSR count). The lowest BCUT2D eigenvalue weighted by Crippen LogP contribution is -2.28. The summed E-state index contributed by atoms with van der Waals surface area (Å²) < 4.78 is 2.97. The number of aliphatic hydroxyl groups excluding tert-OH is 1. The molecule has 2 aromatic rings.